The van der Waals surface area contributed by atoms with Gasteiger partial charge in [0.15, 0.2) is 0 Å². The van der Waals surface area contributed by atoms with Gasteiger partial charge in [-0.1, -0.05) is 18.2 Å². The van der Waals surface area contributed by atoms with Crippen LogP contribution in [0.2, 0.25) is 0 Å². The normalized spacial score (nSPS) is 24.7. The van der Waals surface area contributed by atoms with Crippen molar-refractivity contribution in [2.45, 2.75) is 25.4 Å². The molecule has 0 bridgehead atoms. The second-order valence-corrected chi connectivity index (χ2v) is 5.19. The Balaban J connectivity index is 1.57. The molecule has 0 radical (unpaired) electrons. The third-order valence-corrected chi connectivity index (χ3v) is 4.11. The molecule has 1 amide bonds. The van der Waals surface area contributed by atoms with Crippen molar-refractivity contribution >= 4 is 5.91 Å². The molecule has 0 aliphatic carbocycles. The maximum atomic E-state index is 12.3. The summed E-state index contributed by atoms with van der Waals surface area (Å²) in [6, 6.07) is 9.56. The maximum absolute atomic E-state index is 12.3. The van der Waals surface area contributed by atoms with E-state index in [4.69, 9.17) is 4.74 Å². The van der Waals surface area contributed by atoms with Crippen molar-refractivity contribution in [1.29, 1.82) is 0 Å². The van der Waals surface area contributed by atoms with E-state index in [0.717, 1.165) is 38.1 Å². The van der Waals surface area contributed by atoms with E-state index in [9.17, 15) is 4.79 Å². The second kappa shape index (κ2) is 5.11. The minimum absolute atomic E-state index is 0.170. The second-order valence-electron chi connectivity index (χ2n) is 5.19. The smallest absolute Gasteiger partial charge is 0.253 e. The molecule has 3 rings (SSSR count). The quantitative estimate of drug-likeness (QED) is 0.800. The van der Waals surface area contributed by atoms with Gasteiger partial charge in [0.1, 0.15) is 0 Å². The highest BCUT2D eigenvalue weighted by Gasteiger charge is 2.32. The lowest BCUT2D eigenvalue weighted by atomic mass is 9.87. The predicted molar refractivity (Wildman–Crippen MR) is 69.4 cm³/mol. The summed E-state index contributed by atoms with van der Waals surface area (Å²) < 4.78 is 5.55. The Morgan fingerprint density at radius 1 is 1.11 bits per heavy atom. The Bertz CT molecular complexity index is 406. The first-order chi connectivity index (χ1) is 8.84. The van der Waals surface area contributed by atoms with Crippen LogP contribution in [0.3, 0.4) is 0 Å². The Morgan fingerprint density at radius 2 is 1.78 bits per heavy atom. The van der Waals surface area contributed by atoms with Crippen molar-refractivity contribution in [2.24, 2.45) is 5.92 Å². The van der Waals surface area contributed by atoms with Gasteiger partial charge in [0.25, 0.3) is 5.91 Å². The zero-order valence-electron chi connectivity index (χ0n) is 10.5. The third-order valence-electron chi connectivity index (χ3n) is 4.11. The van der Waals surface area contributed by atoms with Crippen LogP contribution in [0, 0.1) is 5.92 Å². The number of hydrogen-bond acceptors (Lipinski definition) is 2. The summed E-state index contributed by atoms with van der Waals surface area (Å²) in [7, 11) is 0. The minimum Gasteiger partial charge on any atom is -0.378 e. The molecule has 2 heterocycles. The van der Waals surface area contributed by atoms with E-state index in [2.05, 4.69) is 0 Å². The van der Waals surface area contributed by atoms with Crippen LogP contribution in [0.4, 0.5) is 0 Å². The molecule has 2 aliphatic heterocycles. The number of carbonyl (C=O) groups is 1. The lowest BCUT2D eigenvalue weighted by molar-refractivity contribution is -0.0950. The van der Waals surface area contributed by atoms with Gasteiger partial charge in [0, 0.05) is 25.3 Å². The van der Waals surface area contributed by atoms with E-state index in [1.165, 1.54) is 6.42 Å². The molecular weight excluding hydrogens is 226 g/mol. The maximum Gasteiger partial charge on any atom is 0.253 e. The summed E-state index contributed by atoms with van der Waals surface area (Å²) in [6.45, 7) is 2.67. The van der Waals surface area contributed by atoms with Crippen molar-refractivity contribution < 1.29 is 9.53 Å². The van der Waals surface area contributed by atoms with Crippen LogP contribution in [0.1, 0.15) is 29.6 Å². The fourth-order valence-corrected chi connectivity index (χ4v) is 2.86. The minimum atomic E-state index is 0.170. The Kier molecular flexibility index (Phi) is 3.33. The first-order valence-corrected chi connectivity index (χ1v) is 6.80. The third kappa shape index (κ3) is 2.27. The molecule has 2 saturated heterocycles. The first kappa shape index (κ1) is 11.7. The number of ether oxygens (including phenoxy) is 1. The summed E-state index contributed by atoms with van der Waals surface area (Å²) in [5.41, 5.74) is 0.802. The zero-order valence-corrected chi connectivity index (χ0v) is 10.5. The molecule has 2 aliphatic rings. The number of nitrogens with zero attached hydrogens (tertiary/aromatic N) is 1. The van der Waals surface area contributed by atoms with E-state index < -0.39 is 0 Å². The molecule has 0 aromatic heterocycles. The van der Waals surface area contributed by atoms with E-state index in [1.54, 1.807) is 0 Å². The van der Waals surface area contributed by atoms with Crippen molar-refractivity contribution in [3.05, 3.63) is 35.9 Å². The van der Waals surface area contributed by atoms with Crippen molar-refractivity contribution in [2.75, 3.05) is 19.7 Å². The van der Waals surface area contributed by atoms with E-state index in [1.807, 2.05) is 35.2 Å². The van der Waals surface area contributed by atoms with Gasteiger partial charge in [0.2, 0.25) is 0 Å². The Hall–Kier alpha value is -1.35. The lowest BCUT2D eigenvalue weighted by Crippen LogP contribution is -2.44. The van der Waals surface area contributed by atoms with Crippen molar-refractivity contribution in [3.8, 4) is 0 Å². The fraction of sp³-hybridized carbons (Fsp3) is 0.533. The van der Waals surface area contributed by atoms with Gasteiger partial charge in [-0.25, -0.2) is 0 Å². The molecule has 0 saturated carbocycles. The summed E-state index contributed by atoms with van der Waals surface area (Å²) in [4.78, 5) is 14.2. The number of rotatable bonds is 2. The number of amides is 1. The molecule has 1 aromatic carbocycles. The van der Waals surface area contributed by atoms with Crippen LogP contribution in [-0.4, -0.2) is 36.6 Å². The summed E-state index contributed by atoms with van der Waals surface area (Å²) >= 11 is 0. The van der Waals surface area contributed by atoms with Crippen molar-refractivity contribution in [3.63, 3.8) is 0 Å². The van der Waals surface area contributed by atoms with Crippen LogP contribution >= 0.6 is 0 Å². The van der Waals surface area contributed by atoms with E-state index in [0.29, 0.717) is 12.0 Å². The lowest BCUT2D eigenvalue weighted by Gasteiger charge is -2.39. The first-order valence-electron chi connectivity index (χ1n) is 6.80. The summed E-state index contributed by atoms with van der Waals surface area (Å²) in [5.74, 6) is 0.835. The van der Waals surface area contributed by atoms with Gasteiger partial charge in [-0.15, -0.1) is 0 Å². The molecule has 1 unspecified atom stereocenters. The highest BCUT2D eigenvalue weighted by atomic mass is 16.5. The van der Waals surface area contributed by atoms with E-state index >= 15 is 0 Å². The van der Waals surface area contributed by atoms with Gasteiger partial charge in [-0.05, 0) is 37.3 Å². The van der Waals surface area contributed by atoms with E-state index in [-0.39, 0.29) is 5.91 Å². The molecule has 1 atom stereocenters. The Labute approximate surface area is 108 Å². The fourth-order valence-electron chi connectivity index (χ4n) is 2.86. The van der Waals surface area contributed by atoms with Crippen LogP contribution in [0.25, 0.3) is 0 Å². The summed E-state index contributed by atoms with van der Waals surface area (Å²) in [5, 5.41) is 0. The van der Waals surface area contributed by atoms with Crippen LogP contribution in [-0.2, 0) is 4.74 Å². The number of benzene rings is 1. The average Bonchev–Trinajstić information content (AvgIpc) is 2.38. The van der Waals surface area contributed by atoms with Gasteiger partial charge < -0.3 is 9.64 Å². The molecular formula is C15H19NO2. The molecule has 0 N–H and O–H groups in total. The predicted octanol–water partition coefficient (Wildman–Crippen LogP) is 2.33. The van der Waals surface area contributed by atoms with Crippen LogP contribution in [0.5, 0.6) is 0 Å². The number of hydrogen-bond donors (Lipinski definition) is 0. The topological polar surface area (TPSA) is 29.5 Å². The molecule has 18 heavy (non-hydrogen) atoms. The van der Waals surface area contributed by atoms with Gasteiger partial charge in [-0.2, -0.15) is 0 Å². The van der Waals surface area contributed by atoms with Gasteiger partial charge in [-0.3, -0.25) is 4.79 Å². The molecule has 0 spiro atoms. The molecule has 96 valence electrons. The zero-order chi connectivity index (χ0) is 12.4. The van der Waals surface area contributed by atoms with Crippen LogP contribution < -0.4 is 0 Å². The Morgan fingerprint density at radius 3 is 2.33 bits per heavy atom. The van der Waals surface area contributed by atoms with Gasteiger partial charge >= 0.3 is 0 Å². The van der Waals surface area contributed by atoms with Crippen molar-refractivity contribution in [1.82, 2.24) is 4.90 Å². The largest absolute Gasteiger partial charge is 0.378 e. The highest BCUT2D eigenvalue weighted by Crippen LogP contribution is 2.29. The average molecular weight is 245 g/mol. The molecule has 1 aromatic rings. The standard InChI is InChI=1S/C15H19NO2/c17-15(13-4-2-1-3-5-13)16-9-6-12(7-10-16)14-8-11-18-14/h1-5,12,14H,6-11H2. The number of carbonyl (C=O) groups excluding carboxylic acids is 1. The number of likely N-dealkylation sites (tertiary alicyclic amines) is 1. The molecule has 3 nitrogen and oxygen atoms in total. The number of piperidine rings is 1. The van der Waals surface area contributed by atoms with Crippen LogP contribution in [0.15, 0.2) is 30.3 Å². The van der Waals surface area contributed by atoms with Gasteiger partial charge in [0.05, 0.1) is 6.10 Å². The molecule has 3 heteroatoms. The monoisotopic (exact) mass is 245 g/mol. The highest BCUT2D eigenvalue weighted by molar-refractivity contribution is 5.94. The molecule has 2 fully saturated rings. The summed E-state index contributed by atoms with van der Waals surface area (Å²) in [6.07, 6.45) is 3.85. The SMILES string of the molecule is O=C(c1ccccc1)N1CCC(C2CCO2)CC1.